The second-order valence-corrected chi connectivity index (χ2v) is 6.26. The molecular weight excluding hydrogens is 319 g/mol. The molecule has 4 rings (SSSR count). The Labute approximate surface area is 146 Å². The lowest BCUT2D eigenvalue weighted by Gasteiger charge is -2.26. The molecule has 2 aromatic carbocycles. The summed E-state index contributed by atoms with van der Waals surface area (Å²) in [6.45, 7) is 0.737. The van der Waals surface area contributed by atoms with Crippen molar-refractivity contribution in [2.75, 3.05) is 13.1 Å². The third-order valence-corrected chi connectivity index (χ3v) is 4.51. The van der Waals surface area contributed by atoms with E-state index in [9.17, 15) is 9.18 Å². The first-order valence-electron chi connectivity index (χ1n) is 8.70. The number of primary amides is 1. The first-order chi connectivity index (χ1) is 12.5. The molecule has 0 bridgehead atoms. The smallest absolute Gasteiger partial charge is 0.250 e. The summed E-state index contributed by atoms with van der Waals surface area (Å²) in [5.74, 6) is -1.48. The summed E-state index contributed by atoms with van der Waals surface area (Å²) in [6.07, 6.45) is 1.00. The predicted octanol–water partition coefficient (Wildman–Crippen LogP) is 2.54. The Hall–Kier alpha value is -2.73. The summed E-state index contributed by atoms with van der Waals surface area (Å²) in [6, 6.07) is 12.7. The summed E-state index contributed by atoms with van der Waals surface area (Å²) in [5.41, 5.74) is 7.91. The monoisotopic (exact) mass is 339 g/mol. The number of hydrogen-bond donors (Lipinski definition) is 2. The quantitative estimate of drug-likeness (QED) is 0.770. The van der Waals surface area contributed by atoms with Crippen LogP contribution in [-0.4, -0.2) is 34.9 Å². The molecular formula is C19H19FN4O. The Morgan fingerprint density at radius 1 is 1.28 bits per heavy atom. The van der Waals surface area contributed by atoms with Gasteiger partial charge < -0.3 is 11.1 Å². The van der Waals surface area contributed by atoms with Crippen LogP contribution in [0.3, 0.4) is 0 Å². The van der Waals surface area contributed by atoms with E-state index in [0.717, 1.165) is 16.6 Å². The number of aromatic nitrogens is 2. The van der Waals surface area contributed by atoms with Crippen molar-refractivity contribution in [1.82, 2.24) is 15.1 Å². The number of halogens is 1. The summed E-state index contributed by atoms with van der Waals surface area (Å²) in [4.78, 5) is 11.6. The number of rotatable bonds is 3. The molecule has 5 nitrogen and oxygen atoms in total. The molecule has 1 saturated heterocycles. The van der Waals surface area contributed by atoms with Crippen molar-refractivity contribution >= 4 is 16.8 Å². The van der Waals surface area contributed by atoms with Crippen molar-refractivity contribution in [2.24, 2.45) is 5.73 Å². The first kappa shape index (κ1) is 14.6. The molecule has 0 spiro atoms. The van der Waals surface area contributed by atoms with Crippen molar-refractivity contribution in [2.45, 2.75) is 18.5 Å². The Kier molecular flexibility index (Phi) is 3.67. The van der Waals surface area contributed by atoms with Gasteiger partial charge in [0.25, 0.3) is 5.91 Å². The number of nitrogens with zero attached hydrogens (tertiary/aromatic N) is 2. The zero-order chi connectivity index (χ0) is 18.3. The average Bonchev–Trinajstić information content (AvgIpc) is 3.05. The number of benzene rings is 2. The van der Waals surface area contributed by atoms with Crippen LogP contribution < -0.4 is 11.1 Å². The highest BCUT2D eigenvalue weighted by atomic mass is 19.1. The fourth-order valence-corrected chi connectivity index (χ4v) is 3.24. The van der Waals surface area contributed by atoms with E-state index in [1.165, 1.54) is 0 Å². The standard InChI is InChI=1S/C19H19FN4O/c20-15-8-14(9-22-10-15)12-4-6-16(7-5-12)24-11-13-2-1-3-17(19(21)25)18(13)23-24/h1-7,11,14-15,22H,8-10H2,(H2,21,25)/t14-,15+/m0/s1/i14D. The molecule has 1 aliphatic rings. The predicted molar refractivity (Wildman–Crippen MR) is 94.7 cm³/mol. The summed E-state index contributed by atoms with van der Waals surface area (Å²) in [5, 5.41) is 8.27. The highest BCUT2D eigenvalue weighted by molar-refractivity contribution is 6.04. The van der Waals surface area contributed by atoms with Gasteiger partial charge in [-0.25, -0.2) is 9.07 Å². The van der Waals surface area contributed by atoms with Crippen molar-refractivity contribution in [3.8, 4) is 5.69 Å². The lowest BCUT2D eigenvalue weighted by Crippen LogP contribution is -2.36. The molecule has 0 unspecified atom stereocenters. The number of alkyl halides is 1. The van der Waals surface area contributed by atoms with Gasteiger partial charge in [0.2, 0.25) is 0 Å². The van der Waals surface area contributed by atoms with Gasteiger partial charge in [0.1, 0.15) is 11.7 Å². The average molecular weight is 339 g/mol. The number of hydrogen-bond acceptors (Lipinski definition) is 3. The van der Waals surface area contributed by atoms with Crippen molar-refractivity contribution in [3.05, 3.63) is 59.8 Å². The van der Waals surface area contributed by atoms with Crippen LogP contribution in [0.4, 0.5) is 4.39 Å². The topological polar surface area (TPSA) is 72.9 Å². The summed E-state index contributed by atoms with van der Waals surface area (Å²) in [7, 11) is 0. The van der Waals surface area contributed by atoms with E-state index in [1.807, 2.05) is 36.5 Å². The van der Waals surface area contributed by atoms with Gasteiger partial charge in [-0.3, -0.25) is 4.79 Å². The van der Waals surface area contributed by atoms with Crippen LogP contribution >= 0.6 is 0 Å². The molecule has 0 saturated carbocycles. The lowest BCUT2D eigenvalue weighted by atomic mass is 9.91. The minimum absolute atomic E-state index is 0.187. The van der Waals surface area contributed by atoms with Gasteiger partial charge in [-0.05, 0) is 36.1 Å². The number of fused-ring (bicyclic) bond motifs is 1. The van der Waals surface area contributed by atoms with E-state index >= 15 is 0 Å². The molecule has 6 heteroatoms. The molecule has 1 amide bonds. The van der Waals surface area contributed by atoms with Gasteiger partial charge in [-0.15, -0.1) is 0 Å². The largest absolute Gasteiger partial charge is 0.366 e. The number of nitrogens with one attached hydrogen (secondary N) is 1. The Morgan fingerprint density at radius 3 is 2.80 bits per heavy atom. The first-order valence-corrected chi connectivity index (χ1v) is 8.20. The van der Waals surface area contributed by atoms with E-state index in [-0.39, 0.29) is 6.42 Å². The number of carbonyl (C=O) groups is 1. The second-order valence-electron chi connectivity index (χ2n) is 6.26. The van der Waals surface area contributed by atoms with E-state index < -0.39 is 18.0 Å². The van der Waals surface area contributed by atoms with Crippen molar-refractivity contribution < 1.29 is 10.6 Å². The van der Waals surface area contributed by atoms with Crippen LogP contribution in [0.1, 0.15) is 29.6 Å². The molecule has 2 heterocycles. The van der Waals surface area contributed by atoms with E-state index in [1.54, 1.807) is 16.8 Å². The van der Waals surface area contributed by atoms with Crippen LogP contribution in [0.15, 0.2) is 48.7 Å². The highest BCUT2D eigenvalue weighted by Crippen LogP contribution is 2.26. The van der Waals surface area contributed by atoms with Gasteiger partial charge >= 0.3 is 0 Å². The molecule has 0 radical (unpaired) electrons. The van der Waals surface area contributed by atoms with Crippen molar-refractivity contribution in [3.63, 3.8) is 0 Å². The summed E-state index contributed by atoms with van der Waals surface area (Å²) < 4.78 is 23.9. The van der Waals surface area contributed by atoms with E-state index in [2.05, 4.69) is 10.4 Å². The van der Waals surface area contributed by atoms with Crippen LogP contribution in [0.5, 0.6) is 0 Å². The molecule has 3 N–H and O–H groups in total. The van der Waals surface area contributed by atoms with Gasteiger partial charge in [-0.2, -0.15) is 5.10 Å². The van der Waals surface area contributed by atoms with Gasteiger partial charge in [0, 0.05) is 26.0 Å². The number of carbonyl (C=O) groups excluding carboxylic acids is 1. The minimum atomic E-state index is -1.01. The van der Waals surface area contributed by atoms with Crippen LogP contribution in [0, 0.1) is 0 Å². The maximum atomic E-state index is 13.7. The van der Waals surface area contributed by atoms with Gasteiger partial charge in [-0.1, -0.05) is 24.3 Å². The van der Waals surface area contributed by atoms with Crippen LogP contribution in [-0.2, 0) is 0 Å². The summed E-state index contributed by atoms with van der Waals surface area (Å²) >= 11 is 0. The Balaban J connectivity index is 1.68. The van der Waals surface area contributed by atoms with Crippen LogP contribution in [0.2, 0.25) is 0 Å². The zero-order valence-corrected chi connectivity index (χ0v) is 13.6. The number of nitrogens with two attached hydrogens (primary N) is 1. The fourth-order valence-electron chi connectivity index (χ4n) is 3.24. The molecule has 1 aromatic heterocycles. The number of amides is 1. The molecule has 0 aliphatic carbocycles. The SMILES string of the molecule is [2H][C@@]1(c2ccc(-n3cc4cccc(C(N)=O)c4n3)cc2)CNC[C@H](F)C1. The molecule has 128 valence electrons. The lowest BCUT2D eigenvalue weighted by molar-refractivity contribution is 0.100. The maximum absolute atomic E-state index is 13.7. The minimum Gasteiger partial charge on any atom is -0.366 e. The molecule has 1 aliphatic heterocycles. The number of piperidine rings is 1. The van der Waals surface area contributed by atoms with E-state index in [4.69, 9.17) is 7.10 Å². The normalized spacial score (nSPS) is 24.2. The highest BCUT2D eigenvalue weighted by Gasteiger charge is 2.22. The molecule has 2 atom stereocenters. The molecule has 3 aromatic rings. The molecule has 25 heavy (non-hydrogen) atoms. The van der Waals surface area contributed by atoms with E-state index in [0.29, 0.717) is 24.2 Å². The molecule has 1 fully saturated rings. The van der Waals surface area contributed by atoms with Crippen molar-refractivity contribution in [1.29, 1.82) is 0 Å². The maximum Gasteiger partial charge on any atom is 0.250 e. The third kappa shape index (κ3) is 3.00. The zero-order valence-electron chi connectivity index (χ0n) is 14.6. The third-order valence-electron chi connectivity index (χ3n) is 4.51. The van der Waals surface area contributed by atoms with Gasteiger partial charge in [0.05, 0.1) is 11.3 Å². The van der Waals surface area contributed by atoms with Crippen LogP contribution in [0.25, 0.3) is 16.6 Å². The fraction of sp³-hybridized carbons (Fsp3) is 0.263. The Bertz CT molecular complexity index is 971. The Morgan fingerprint density at radius 2 is 2.08 bits per heavy atom. The van der Waals surface area contributed by atoms with Gasteiger partial charge in [0.15, 0.2) is 0 Å². The second kappa shape index (κ2) is 6.29.